The van der Waals surface area contributed by atoms with E-state index in [0.29, 0.717) is 13.1 Å². The van der Waals surface area contributed by atoms with Crippen molar-refractivity contribution in [2.24, 2.45) is 15.4 Å². The minimum absolute atomic E-state index is 0.525. The zero-order valence-corrected chi connectivity index (χ0v) is 14.6. The van der Waals surface area contributed by atoms with E-state index < -0.39 is 0 Å². The number of thiophene rings is 1. The van der Waals surface area contributed by atoms with Crippen LogP contribution in [0.2, 0.25) is 0 Å². The Morgan fingerprint density at radius 1 is 1.08 bits per heavy atom. The first-order valence-electron chi connectivity index (χ1n) is 8.27. The van der Waals surface area contributed by atoms with Crippen LogP contribution in [0, 0.1) is 0 Å². The van der Waals surface area contributed by atoms with Crippen LogP contribution in [0.4, 0.5) is 5.82 Å². The van der Waals surface area contributed by atoms with Crippen LogP contribution in [0.25, 0.3) is 21.0 Å². The van der Waals surface area contributed by atoms with Crippen molar-refractivity contribution in [3.8, 4) is 0 Å². The third-order valence-corrected chi connectivity index (χ3v) is 5.29. The number of aromatic nitrogens is 2. The highest BCUT2D eigenvalue weighted by atomic mass is 32.1. The van der Waals surface area contributed by atoms with Crippen molar-refractivity contribution in [3.05, 3.63) is 65.3 Å². The average Bonchev–Trinajstić information content (AvgIpc) is 3.38. The molecule has 0 atom stereocenters. The lowest BCUT2D eigenvalue weighted by molar-refractivity contribution is 1.04. The van der Waals surface area contributed by atoms with E-state index in [0.717, 1.165) is 39.1 Å². The number of nitrogens with one attached hydrogen (secondary N) is 1. The zero-order valence-electron chi connectivity index (χ0n) is 13.8. The first-order valence-corrected chi connectivity index (χ1v) is 9.15. The average molecular weight is 358 g/mol. The van der Waals surface area contributed by atoms with E-state index in [2.05, 4.69) is 55.4 Å². The fourth-order valence-corrected chi connectivity index (χ4v) is 3.99. The lowest BCUT2D eigenvalue weighted by Crippen LogP contribution is -2.04. The molecular formula is C19H14N6S. The molecule has 0 unspecified atom stereocenters. The summed E-state index contributed by atoms with van der Waals surface area (Å²) in [5.74, 6) is 0.874. The predicted molar refractivity (Wildman–Crippen MR) is 105 cm³/mol. The lowest BCUT2D eigenvalue weighted by atomic mass is 10.1. The van der Waals surface area contributed by atoms with Gasteiger partial charge in [0.1, 0.15) is 12.4 Å². The van der Waals surface area contributed by atoms with E-state index in [1.165, 1.54) is 4.70 Å². The summed E-state index contributed by atoms with van der Waals surface area (Å²) in [6.07, 6.45) is 1.80. The van der Waals surface area contributed by atoms with Gasteiger partial charge in [-0.15, -0.1) is 16.4 Å². The minimum atomic E-state index is 0.525. The van der Waals surface area contributed by atoms with Gasteiger partial charge in [-0.1, -0.05) is 18.2 Å². The summed E-state index contributed by atoms with van der Waals surface area (Å²) < 4.78 is 1.23. The molecule has 0 amide bonds. The second kappa shape index (κ2) is 6.27. The summed E-state index contributed by atoms with van der Waals surface area (Å²) >= 11 is 1.73. The van der Waals surface area contributed by atoms with Crippen LogP contribution in [0.5, 0.6) is 0 Å². The van der Waals surface area contributed by atoms with Gasteiger partial charge < -0.3 is 5.32 Å². The van der Waals surface area contributed by atoms with Crippen LogP contribution >= 0.6 is 11.3 Å². The Morgan fingerprint density at radius 2 is 2.08 bits per heavy atom. The standard InChI is InChI=1S/C19H14N6S/c1-2-7-20-13(3-1)10-21-19-15-6-8-26-18(15)14-5-4-12(9-16(14)23-19)17-11-22-25-24-17/h1-9H,10-11H2,(H,21,23). The van der Waals surface area contributed by atoms with Crippen molar-refractivity contribution < 1.29 is 0 Å². The maximum atomic E-state index is 4.87. The molecule has 6 nitrogen and oxygen atoms in total. The third-order valence-electron chi connectivity index (χ3n) is 4.34. The molecule has 126 valence electrons. The van der Waals surface area contributed by atoms with Crippen molar-refractivity contribution in [2.75, 3.05) is 11.9 Å². The van der Waals surface area contributed by atoms with Gasteiger partial charge in [-0.2, -0.15) is 5.11 Å². The Bertz CT molecular complexity index is 1160. The molecule has 0 bridgehead atoms. The molecule has 3 aromatic heterocycles. The Labute approximate surface area is 153 Å². The van der Waals surface area contributed by atoms with E-state index in [1.807, 2.05) is 18.2 Å². The molecule has 4 aromatic rings. The van der Waals surface area contributed by atoms with E-state index in [9.17, 15) is 0 Å². The van der Waals surface area contributed by atoms with Gasteiger partial charge in [0.05, 0.1) is 23.5 Å². The maximum absolute atomic E-state index is 4.87. The Hall–Kier alpha value is -3.19. The van der Waals surface area contributed by atoms with Gasteiger partial charge in [-0.3, -0.25) is 4.98 Å². The first kappa shape index (κ1) is 15.1. The number of hydrogen-bond acceptors (Lipinski definition) is 7. The molecule has 0 aliphatic carbocycles. The topological polar surface area (TPSA) is 74.9 Å². The number of pyridine rings is 2. The second-order valence-electron chi connectivity index (χ2n) is 5.97. The van der Waals surface area contributed by atoms with Gasteiger partial charge in [0.2, 0.25) is 0 Å². The van der Waals surface area contributed by atoms with Crippen molar-refractivity contribution in [3.63, 3.8) is 0 Å². The van der Waals surface area contributed by atoms with Gasteiger partial charge in [-0.05, 0) is 34.9 Å². The highest BCUT2D eigenvalue weighted by Gasteiger charge is 2.13. The molecule has 7 heteroatoms. The number of nitrogens with zero attached hydrogens (tertiary/aromatic N) is 5. The second-order valence-corrected chi connectivity index (χ2v) is 6.88. The molecule has 5 rings (SSSR count). The summed E-state index contributed by atoms with van der Waals surface area (Å²) in [6.45, 7) is 1.16. The fraction of sp³-hybridized carbons (Fsp3) is 0.105. The molecule has 0 fully saturated rings. The number of rotatable bonds is 4. The molecular weight excluding hydrogens is 344 g/mol. The fourth-order valence-electron chi connectivity index (χ4n) is 3.06. The smallest absolute Gasteiger partial charge is 0.135 e. The predicted octanol–water partition coefficient (Wildman–Crippen LogP) is 4.63. The number of hydrogen-bond donors (Lipinski definition) is 1. The summed E-state index contributed by atoms with van der Waals surface area (Å²) in [7, 11) is 0. The monoisotopic (exact) mass is 358 g/mol. The molecule has 1 aliphatic rings. The number of benzene rings is 1. The van der Waals surface area contributed by atoms with E-state index in [1.54, 1.807) is 17.5 Å². The van der Waals surface area contributed by atoms with Gasteiger partial charge in [0.15, 0.2) is 0 Å². The quantitative estimate of drug-likeness (QED) is 0.578. The van der Waals surface area contributed by atoms with Gasteiger partial charge in [0, 0.05) is 27.2 Å². The van der Waals surface area contributed by atoms with Crippen LogP contribution < -0.4 is 5.32 Å². The van der Waals surface area contributed by atoms with Crippen LogP contribution in [0.1, 0.15) is 11.3 Å². The molecule has 1 aliphatic heterocycles. The summed E-state index contributed by atoms with van der Waals surface area (Å²) in [6, 6.07) is 14.3. The van der Waals surface area contributed by atoms with Crippen LogP contribution in [0.15, 0.2) is 69.5 Å². The maximum Gasteiger partial charge on any atom is 0.135 e. The molecule has 0 saturated carbocycles. The Balaban J connectivity index is 1.58. The Kier molecular flexibility index (Phi) is 3.64. The van der Waals surface area contributed by atoms with Crippen molar-refractivity contribution in [1.82, 2.24) is 9.97 Å². The molecule has 1 N–H and O–H groups in total. The van der Waals surface area contributed by atoms with E-state index >= 15 is 0 Å². The lowest BCUT2D eigenvalue weighted by Gasteiger charge is -2.10. The van der Waals surface area contributed by atoms with Crippen molar-refractivity contribution >= 4 is 43.9 Å². The summed E-state index contributed by atoms with van der Waals surface area (Å²) in [4.78, 5) is 9.24. The normalized spacial score (nSPS) is 13.5. The molecule has 4 heterocycles. The zero-order chi connectivity index (χ0) is 17.3. The molecule has 0 saturated heterocycles. The molecule has 0 radical (unpaired) electrons. The van der Waals surface area contributed by atoms with Gasteiger partial charge in [-0.25, -0.2) is 4.98 Å². The van der Waals surface area contributed by atoms with Crippen LogP contribution in [-0.4, -0.2) is 22.2 Å². The van der Waals surface area contributed by atoms with Crippen LogP contribution in [-0.2, 0) is 6.54 Å². The first-order chi connectivity index (χ1) is 12.9. The number of anilines is 1. The SMILES string of the molecule is c1ccc(CNc2nc3cc(C4=NN=NC4)ccc3c3sccc23)nc1. The highest BCUT2D eigenvalue weighted by molar-refractivity contribution is 7.18. The summed E-state index contributed by atoms with van der Waals surface area (Å²) in [5, 5.41) is 19.6. The van der Waals surface area contributed by atoms with Crippen LogP contribution in [0.3, 0.4) is 0 Å². The minimum Gasteiger partial charge on any atom is -0.364 e. The van der Waals surface area contributed by atoms with Gasteiger partial charge in [0.25, 0.3) is 0 Å². The largest absolute Gasteiger partial charge is 0.364 e. The Morgan fingerprint density at radius 3 is 2.92 bits per heavy atom. The molecule has 26 heavy (non-hydrogen) atoms. The van der Waals surface area contributed by atoms with Gasteiger partial charge >= 0.3 is 0 Å². The van der Waals surface area contributed by atoms with Crippen molar-refractivity contribution in [1.29, 1.82) is 0 Å². The number of fused-ring (bicyclic) bond motifs is 3. The molecule has 1 aromatic carbocycles. The molecule has 0 spiro atoms. The highest BCUT2D eigenvalue weighted by Crippen LogP contribution is 2.34. The van der Waals surface area contributed by atoms with E-state index in [4.69, 9.17) is 4.98 Å². The van der Waals surface area contributed by atoms with Crippen molar-refractivity contribution in [2.45, 2.75) is 6.54 Å². The summed E-state index contributed by atoms with van der Waals surface area (Å²) in [5.41, 5.74) is 3.81. The van der Waals surface area contributed by atoms with E-state index in [-0.39, 0.29) is 0 Å². The third kappa shape index (κ3) is 2.62.